The van der Waals surface area contributed by atoms with E-state index < -0.39 is 17.6 Å². The highest BCUT2D eigenvalue weighted by Gasteiger charge is 2.33. The van der Waals surface area contributed by atoms with E-state index >= 15 is 0 Å². The maximum absolute atomic E-state index is 11.3. The second-order valence-electron chi connectivity index (χ2n) is 10.9. The summed E-state index contributed by atoms with van der Waals surface area (Å²) in [5.41, 5.74) is 0.901. The number of carboxylic acids is 1. The fourth-order valence-corrected chi connectivity index (χ4v) is 6.20. The summed E-state index contributed by atoms with van der Waals surface area (Å²) in [4.78, 5) is 14.4. The zero-order chi connectivity index (χ0) is 29.8. The number of benzene rings is 2. The number of nitrogens with zero attached hydrogens (tertiary/aromatic N) is 1. The van der Waals surface area contributed by atoms with Crippen molar-refractivity contribution in [3.05, 3.63) is 107 Å². The van der Waals surface area contributed by atoms with Crippen LogP contribution in [0.25, 0.3) is 0 Å². The highest BCUT2D eigenvalue weighted by Crippen LogP contribution is 2.31. The number of carboxylic acid groups (broad SMARTS) is 1. The van der Waals surface area contributed by atoms with E-state index in [-0.39, 0.29) is 0 Å². The Balaban J connectivity index is 0.000000240. The standard InChI is InChI=1S/C18H28O.C12H17NO2S.C6H6/c1-3-5-9-15-18(19,14-4-2)16-10-13-17-11-7-6-8-12-17;1-2-9-5-6-13(8-9)11(12(14)15)10-4-3-7-16-10;1-2-4-6-5-3-1/h3,5-8,11-12,19H,4,9-10,13-16H2,1-2H3;3-4,7,9,11H,2,5-6,8H2,1H3,(H,14,15);1-6H/b5-3-;;. The average molecular weight is 578 g/mol. The molecule has 4 rings (SSSR count). The minimum Gasteiger partial charge on any atom is -0.480 e. The summed E-state index contributed by atoms with van der Waals surface area (Å²) in [6.45, 7) is 8.19. The van der Waals surface area contributed by atoms with Gasteiger partial charge >= 0.3 is 5.97 Å². The van der Waals surface area contributed by atoms with E-state index in [0.717, 1.165) is 75.8 Å². The molecule has 3 unspecified atom stereocenters. The second-order valence-corrected chi connectivity index (χ2v) is 11.9. The molecule has 224 valence electrons. The van der Waals surface area contributed by atoms with Gasteiger partial charge in [-0.2, -0.15) is 0 Å². The number of thiophene rings is 1. The Kier molecular flexibility index (Phi) is 17.0. The smallest absolute Gasteiger partial charge is 0.326 e. The molecule has 2 N–H and O–H groups in total. The molecular formula is C36H51NO3S. The lowest BCUT2D eigenvalue weighted by molar-refractivity contribution is -0.143. The van der Waals surface area contributed by atoms with Crippen molar-refractivity contribution in [2.45, 2.75) is 90.2 Å². The van der Waals surface area contributed by atoms with Crippen LogP contribution in [0, 0.1) is 5.92 Å². The molecular weight excluding hydrogens is 526 g/mol. The third kappa shape index (κ3) is 13.7. The lowest BCUT2D eigenvalue weighted by Gasteiger charge is -2.27. The van der Waals surface area contributed by atoms with Gasteiger partial charge in [-0.05, 0) is 81.3 Å². The van der Waals surface area contributed by atoms with Gasteiger partial charge in [0.25, 0.3) is 0 Å². The summed E-state index contributed by atoms with van der Waals surface area (Å²) in [6, 6.07) is 26.0. The van der Waals surface area contributed by atoms with Crippen molar-refractivity contribution in [3.63, 3.8) is 0 Å². The predicted molar refractivity (Wildman–Crippen MR) is 174 cm³/mol. The summed E-state index contributed by atoms with van der Waals surface area (Å²) < 4.78 is 0. The second kappa shape index (κ2) is 20.2. The van der Waals surface area contributed by atoms with Gasteiger partial charge in [0.1, 0.15) is 6.04 Å². The van der Waals surface area contributed by atoms with Gasteiger partial charge in [-0.3, -0.25) is 9.69 Å². The van der Waals surface area contributed by atoms with Crippen LogP contribution in [0.1, 0.15) is 88.6 Å². The summed E-state index contributed by atoms with van der Waals surface area (Å²) in [7, 11) is 0. The van der Waals surface area contributed by atoms with Crippen molar-refractivity contribution in [2.75, 3.05) is 13.1 Å². The van der Waals surface area contributed by atoms with Gasteiger partial charge in [0.2, 0.25) is 0 Å². The number of hydrogen-bond acceptors (Lipinski definition) is 4. The van der Waals surface area contributed by atoms with Crippen LogP contribution in [0.3, 0.4) is 0 Å². The molecule has 2 heterocycles. The van der Waals surface area contributed by atoms with E-state index in [1.807, 2.05) is 66.9 Å². The van der Waals surface area contributed by atoms with Gasteiger partial charge in [-0.1, -0.05) is 112 Å². The fraction of sp³-hybridized carbons (Fsp3) is 0.472. The van der Waals surface area contributed by atoms with Gasteiger partial charge < -0.3 is 10.2 Å². The highest BCUT2D eigenvalue weighted by molar-refractivity contribution is 7.10. The third-order valence-electron chi connectivity index (χ3n) is 7.65. The topological polar surface area (TPSA) is 60.8 Å². The predicted octanol–water partition coefficient (Wildman–Crippen LogP) is 9.19. The number of aliphatic hydroxyl groups is 1. The van der Waals surface area contributed by atoms with Crippen LogP contribution >= 0.6 is 11.3 Å². The SMILES string of the molecule is C/C=C\CCC(O)(CCC)CCCc1ccccc1.CCC1CCN(C(C(=O)O)c2cccs2)C1.c1ccccc1. The molecule has 0 bridgehead atoms. The highest BCUT2D eigenvalue weighted by atomic mass is 32.1. The Morgan fingerprint density at radius 3 is 2.17 bits per heavy atom. The van der Waals surface area contributed by atoms with E-state index in [9.17, 15) is 15.0 Å². The minimum atomic E-state index is -0.723. The van der Waals surface area contributed by atoms with E-state index in [4.69, 9.17) is 0 Å². The first-order chi connectivity index (χ1) is 19.9. The Morgan fingerprint density at radius 1 is 1.00 bits per heavy atom. The Morgan fingerprint density at radius 2 is 1.66 bits per heavy atom. The number of aryl methyl sites for hydroxylation is 1. The average Bonchev–Trinajstić information content (AvgIpc) is 3.69. The third-order valence-corrected chi connectivity index (χ3v) is 8.58. The maximum Gasteiger partial charge on any atom is 0.326 e. The van der Waals surface area contributed by atoms with E-state index in [1.54, 1.807) is 0 Å². The lowest BCUT2D eigenvalue weighted by atomic mass is 9.86. The number of allylic oxidation sites excluding steroid dienone is 2. The minimum absolute atomic E-state index is 0.434. The van der Waals surface area contributed by atoms with Crippen molar-refractivity contribution in [2.24, 2.45) is 5.92 Å². The van der Waals surface area contributed by atoms with Gasteiger partial charge in [-0.15, -0.1) is 11.3 Å². The number of likely N-dealkylation sites (tertiary alicyclic amines) is 1. The molecule has 0 spiro atoms. The van der Waals surface area contributed by atoms with Crippen LogP contribution in [0.4, 0.5) is 0 Å². The molecule has 1 aromatic heterocycles. The molecule has 3 aromatic rings. The first kappa shape index (κ1) is 34.5. The molecule has 0 radical (unpaired) electrons. The first-order valence-electron chi connectivity index (χ1n) is 15.3. The molecule has 41 heavy (non-hydrogen) atoms. The van der Waals surface area contributed by atoms with Crippen LogP contribution in [0.15, 0.2) is 96.4 Å². The van der Waals surface area contributed by atoms with Crippen LogP contribution < -0.4 is 0 Å². The normalized spacial score (nSPS) is 17.1. The van der Waals surface area contributed by atoms with Crippen LogP contribution in [0.5, 0.6) is 0 Å². The summed E-state index contributed by atoms with van der Waals surface area (Å²) >= 11 is 1.53. The van der Waals surface area contributed by atoms with Crippen LogP contribution in [-0.4, -0.2) is 39.8 Å². The number of aliphatic carboxylic acids is 1. The Labute approximate surface area is 252 Å². The fourth-order valence-electron chi connectivity index (χ4n) is 5.35. The zero-order valence-electron chi connectivity index (χ0n) is 25.3. The molecule has 0 saturated carbocycles. The molecule has 3 atom stereocenters. The Hall–Kier alpha value is -2.73. The van der Waals surface area contributed by atoms with Crippen LogP contribution in [0.2, 0.25) is 0 Å². The molecule has 1 aliphatic rings. The molecule has 2 aromatic carbocycles. The number of carbonyl (C=O) groups is 1. The monoisotopic (exact) mass is 577 g/mol. The Bertz CT molecular complexity index is 1040. The molecule has 0 amide bonds. The summed E-state index contributed by atoms with van der Waals surface area (Å²) in [5.74, 6) is -0.0546. The molecule has 4 nitrogen and oxygen atoms in total. The van der Waals surface area contributed by atoms with E-state index in [0.29, 0.717) is 5.92 Å². The quantitative estimate of drug-likeness (QED) is 0.199. The molecule has 1 saturated heterocycles. The van der Waals surface area contributed by atoms with Crippen molar-refractivity contribution < 1.29 is 15.0 Å². The number of hydrogen-bond donors (Lipinski definition) is 2. The van der Waals surface area contributed by atoms with Crippen molar-refractivity contribution in [1.82, 2.24) is 4.90 Å². The van der Waals surface area contributed by atoms with Gasteiger partial charge in [0.05, 0.1) is 5.60 Å². The molecule has 5 heteroatoms. The van der Waals surface area contributed by atoms with E-state index in [2.05, 4.69) is 55.2 Å². The molecule has 1 fully saturated rings. The van der Waals surface area contributed by atoms with Crippen LogP contribution in [-0.2, 0) is 11.2 Å². The molecule has 0 aliphatic carbocycles. The van der Waals surface area contributed by atoms with Gasteiger partial charge in [0.15, 0.2) is 0 Å². The molecule has 1 aliphatic heterocycles. The summed E-state index contributed by atoms with van der Waals surface area (Å²) in [6.07, 6.45) is 13.4. The largest absolute Gasteiger partial charge is 0.480 e. The van der Waals surface area contributed by atoms with Crippen molar-refractivity contribution >= 4 is 17.3 Å². The van der Waals surface area contributed by atoms with Gasteiger partial charge in [0, 0.05) is 11.4 Å². The maximum atomic E-state index is 11.3. The van der Waals surface area contributed by atoms with Gasteiger partial charge in [-0.25, -0.2) is 0 Å². The zero-order valence-corrected chi connectivity index (χ0v) is 26.1. The van der Waals surface area contributed by atoms with E-state index in [1.165, 1.54) is 16.9 Å². The first-order valence-corrected chi connectivity index (χ1v) is 16.2. The van der Waals surface area contributed by atoms with Crippen molar-refractivity contribution in [3.8, 4) is 0 Å². The lowest BCUT2D eigenvalue weighted by Crippen LogP contribution is -2.31. The van der Waals surface area contributed by atoms with Crippen molar-refractivity contribution in [1.29, 1.82) is 0 Å². The number of rotatable bonds is 13. The summed E-state index contributed by atoms with van der Waals surface area (Å²) in [5, 5.41) is 22.0.